The minimum atomic E-state index is -0.339. The molecule has 0 radical (unpaired) electrons. The molecule has 35 heavy (non-hydrogen) atoms. The molecular formula is C26H22N4O4S. The molecule has 0 aliphatic carbocycles. The molecule has 1 aromatic heterocycles. The zero-order chi connectivity index (χ0) is 24.6. The Hall–Kier alpha value is -4.37. The molecule has 0 aliphatic heterocycles. The van der Waals surface area contributed by atoms with E-state index in [9.17, 15) is 14.4 Å². The van der Waals surface area contributed by atoms with E-state index >= 15 is 0 Å². The SMILES string of the molecule is COc1ccc(-c2nnc(NC(=O)c3ccc(NC(=O)CCC(=O)c4ccccc4)cc3)s2)cc1. The molecule has 2 amide bonds. The number of Topliss-reactive ketones (excluding diaryl/α,β-unsaturated/α-hetero) is 1. The molecule has 4 aromatic rings. The van der Waals surface area contributed by atoms with E-state index in [1.807, 2.05) is 30.3 Å². The molecule has 8 nitrogen and oxygen atoms in total. The standard InChI is InChI=1S/C26H22N4O4S/c1-34-21-13-9-19(10-14-21)25-29-30-26(35-25)28-24(33)18-7-11-20(12-8-18)27-23(32)16-15-22(31)17-5-3-2-4-6-17/h2-14H,15-16H2,1H3,(H,27,32)(H,28,30,33). The number of ether oxygens (including phenoxy) is 1. The third-order valence-electron chi connectivity index (χ3n) is 5.09. The highest BCUT2D eigenvalue weighted by Crippen LogP contribution is 2.28. The van der Waals surface area contributed by atoms with Gasteiger partial charge in [-0.3, -0.25) is 19.7 Å². The van der Waals surface area contributed by atoms with Crippen LogP contribution in [0.4, 0.5) is 10.8 Å². The van der Waals surface area contributed by atoms with Crippen molar-refractivity contribution in [3.63, 3.8) is 0 Å². The number of benzene rings is 3. The van der Waals surface area contributed by atoms with Crippen LogP contribution >= 0.6 is 11.3 Å². The first kappa shape index (κ1) is 23.8. The number of aromatic nitrogens is 2. The van der Waals surface area contributed by atoms with E-state index in [2.05, 4.69) is 20.8 Å². The van der Waals surface area contributed by atoms with E-state index in [0.717, 1.165) is 11.3 Å². The molecule has 4 rings (SSSR count). The van der Waals surface area contributed by atoms with Gasteiger partial charge in [0.1, 0.15) is 10.8 Å². The van der Waals surface area contributed by atoms with Crippen molar-refractivity contribution in [3.05, 3.63) is 90.0 Å². The zero-order valence-electron chi connectivity index (χ0n) is 18.9. The van der Waals surface area contributed by atoms with E-state index < -0.39 is 0 Å². The first-order chi connectivity index (χ1) is 17.0. The largest absolute Gasteiger partial charge is 0.497 e. The molecule has 9 heteroatoms. The van der Waals surface area contributed by atoms with Crippen molar-refractivity contribution >= 4 is 39.8 Å². The highest BCUT2D eigenvalue weighted by atomic mass is 32.1. The van der Waals surface area contributed by atoms with Crippen molar-refractivity contribution in [3.8, 4) is 16.3 Å². The number of rotatable bonds is 9. The van der Waals surface area contributed by atoms with Gasteiger partial charge in [-0.1, -0.05) is 41.7 Å². The first-order valence-electron chi connectivity index (χ1n) is 10.8. The number of nitrogens with zero attached hydrogens (tertiary/aromatic N) is 2. The zero-order valence-corrected chi connectivity index (χ0v) is 19.7. The molecule has 0 saturated carbocycles. The van der Waals surface area contributed by atoms with Crippen LogP contribution in [0, 0.1) is 0 Å². The summed E-state index contributed by atoms with van der Waals surface area (Å²) in [4.78, 5) is 36.9. The average molecular weight is 487 g/mol. The molecule has 1 heterocycles. The van der Waals surface area contributed by atoms with E-state index in [4.69, 9.17) is 4.74 Å². The molecule has 0 unspecified atom stereocenters. The number of hydrogen-bond donors (Lipinski definition) is 2. The Balaban J connectivity index is 1.29. The molecule has 2 N–H and O–H groups in total. The molecule has 0 atom stereocenters. The average Bonchev–Trinajstić information content (AvgIpc) is 3.36. The van der Waals surface area contributed by atoms with Crippen LogP contribution in [-0.2, 0) is 4.79 Å². The summed E-state index contributed by atoms with van der Waals surface area (Å²) < 4.78 is 5.15. The Morgan fingerprint density at radius 2 is 1.51 bits per heavy atom. The quantitative estimate of drug-likeness (QED) is 0.320. The number of carbonyl (C=O) groups excluding carboxylic acids is 3. The van der Waals surface area contributed by atoms with Gasteiger partial charge in [-0.05, 0) is 48.5 Å². The van der Waals surface area contributed by atoms with Crippen LogP contribution in [0.5, 0.6) is 5.75 Å². The predicted molar refractivity (Wildman–Crippen MR) is 135 cm³/mol. The number of methoxy groups -OCH3 is 1. The summed E-state index contributed by atoms with van der Waals surface area (Å²) in [6, 6.07) is 22.7. The third-order valence-corrected chi connectivity index (χ3v) is 5.98. The van der Waals surface area contributed by atoms with Gasteiger partial charge >= 0.3 is 0 Å². The van der Waals surface area contributed by atoms with Gasteiger partial charge in [0, 0.05) is 35.2 Å². The summed E-state index contributed by atoms with van der Waals surface area (Å²) in [5.74, 6) is 0.0480. The van der Waals surface area contributed by atoms with Crippen LogP contribution in [0.15, 0.2) is 78.9 Å². The topological polar surface area (TPSA) is 110 Å². The van der Waals surface area contributed by atoms with Gasteiger partial charge in [0.05, 0.1) is 7.11 Å². The minimum Gasteiger partial charge on any atom is -0.497 e. The van der Waals surface area contributed by atoms with Gasteiger partial charge in [-0.2, -0.15) is 0 Å². The predicted octanol–water partition coefficient (Wildman–Crippen LogP) is 5.07. The molecule has 0 bridgehead atoms. The van der Waals surface area contributed by atoms with Crippen molar-refractivity contribution in [2.24, 2.45) is 0 Å². The molecule has 0 saturated heterocycles. The van der Waals surface area contributed by atoms with Crippen LogP contribution in [0.2, 0.25) is 0 Å². The first-order valence-corrected chi connectivity index (χ1v) is 11.6. The van der Waals surface area contributed by atoms with Gasteiger partial charge in [0.2, 0.25) is 11.0 Å². The number of carbonyl (C=O) groups is 3. The van der Waals surface area contributed by atoms with E-state index in [0.29, 0.717) is 27.0 Å². The fourth-order valence-corrected chi connectivity index (χ4v) is 3.96. The maximum Gasteiger partial charge on any atom is 0.257 e. The lowest BCUT2D eigenvalue weighted by Gasteiger charge is -2.06. The smallest absolute Gasteiger partial charge is 0.257 e. The molecule has 176 valence electrons. The summed E-state index contributed by atoms with van der Waals surface area (Å²) in [5.41, 5.74) is 2.40. The Morgan fingerprint density at radius 1 is 0.800 bits per heavy atom. The van der Waals surface area contributed by atoms with Crippen molar-refractivity contribution in [1.29, 1.82) is 0 Å². The molecular weight excluding hydrogens is 464 g/mol. The minimum absolute atomic E-state index is 0.0730. The van der Waals surface area contributed by atoms with Crippen molar-refractivity contribution in [1.82, 2.24) is 10.2 Å². The van der Waals surface area contributed by atoms with Gasteiger partial charge in [0.15, 0.2) is 5.78 Å². The van der Waals surface area contributed by atoms with Crippen molar-refractivity contribution < 1.29 is 19.1 Å². The van der Waals surface area contributed by atoms with Crippen LogP contribution in [0.25, 0.3) is 10.6 Å². The van der Waals surface area contributed by atoms with E-state index in [1.54, 1.807) is 55.6 Å². The maximum absolute atomic E-state index is 12.6. The van der Waals surface area contributed by atoms with Gasteiger partial charge in [-0.15, -0.1) is 10.2 Å². The number of ketones is 1. The van der Waals surface area contributed by atoms with Gasteiger partial charge in [0.25, 0.3) is 5.91 Å². The van der Waals surface area contributed by atoms with Crippen molar-refractivity contribution in [2.75, 3.05) is 17.7 Å². The monoisotopic (exact) mass is 486 g/mol. The second-order valence-corrected chi connectivity index (χ2v) is 8.49. The second kappa shape index (κ2) is 11.2. The Bertz CT molecular complexity index is 1320. The lowest BCUT2D eigenvalue weighted by molar-refractivity contribution is -0.116. The fraction of sp³-hybridized carbons (Fsp3) is 0.115. The highest BCUT2D eigenvalue weighted by Gasteiger charge is 2.13. The summed E-state index contributed by atoms with van der Waals surface area (Å²) in [6.07, 6.45) is 0.195. The molecule has 3 aromatic carbocycles. The summed E-state index contributed by atoms with van der Waals surface area (Å²) in [5, 5.41) is 14.7. The van der Waals surface area contributed by atoms with Crippen LogP contribution < -0.4 is 15.4 Å². The maximum atomic E-state index is 12.6. The van der Waals surface area contributed by atoms with Crippen LogP contribution in [-0.4, -0.2) is 34.9 Å². The van der Waals surface area contributed by atoms with Gasteiger partial charge in [-0.25, -0.2) is 0 Å². The Kier molecular flexibility index (Phi) is 7.59. The molecule has 0 spiro atoms. The second-order valence-electron chi connectivity index (χ2n) is 7.51. The van der Waals surface area contributed by atoms with Gasteiger partial charge < -0.3 is 10.1 Å². The fourth-order valence-electron chi connectivity index (χ4n) is 3.22. The summed E-state index contributed by atoms with van der Waals surface area (Å²) in [7, 11) is 1.60. The van der Waals surface area contributed by atoms with Crippen LogP contribution in [0.1, 0.15) is 33.6 Å². The lowest BCUT2D eigenvalue weighted by Crippen LogP contribution is -2.14. The summed E-state index contributed by atoms with van der Waals surface area (Å²) in [6.45, 7) is 0. The molecule has 0 aliphatic rings. The molecule has 0 fully saturated rings. The van der Waals surface area contributed by atoms with E-state index in [1.165, 1.54) is 11.3 Å². The Morgan fingerprint density at radius 3 is 2.20 bits per heavy atom. The highest BCUT2D eigenvalue weighted by molar-refractivity contribution is 7.18. The summed E-state index contributed by atoms with van der Waals surface area (Å²) >= 11 is 1.26. The number of anilines is 2. The number of nitrogens with one attached hydrogen (secondary N) is 2. The lowest BCUT2D eigenvalue weighted by atomic mass is 10.1. The normalized spacial score (nSPS) is 10.4. The van der Waals surface area contributed by atoms with Crippen LogP contribution in [0.3, 0.4) is 0 Å². The third kappa shape index (κ3) is 6.36. The van der Waals surface area contributed by atoms with Crippen molar-refractivity contribution in [2.45, 2.75) is 12.8 Å². The van der Waals surface area contributed by atoms with E-state index in [-0.39, 0.29) is 30.4 Å². The number of amides is 2. The number of hydrogen-bond acceptors (Lipinski definition) is 7. The Labute approximate surface area is 206 Å².